The van der Waals surface area contributed by atoms with Gasteiger partial charge in [-0.25, -0.2) is 9.97 Å². The molecular weight excluding hydrogens is 234 g/mol. The van der Waals surface area contributed by atoms with Gasteiger partial charge in [0.25, 0.3) is 0 Å². The first-order chi connectivity index (χ1) is 8.15. The van der Waals surface area contributed by atoms with Gasteiger partial charge in [0.05, 0.1) is 17.5 Å². The summed E-state index contributed by atoms with van der Waals surface area (Å²) in [6.45, 7) is 4.37. The second-order valence-electron chi connectivity index (χ2n) is 4.75. The predicted molar refractivity (Wildman–Crippen MR) is 69.6 cm³/mol. The summed E-state index contributed by atoms with van der Waals surface area (Å²) < 4.78 is 0. The number of nitrogens with zero attached hydrogens (tertiary/aromatic N) is 2. The highest BCUT2D eigenvalue weighted by molar-refractivity contribution is 7.18. The van der Waals surface area contributed by atoms with E-state index in [2.05, 4.69) is 29.1 Å². The Morgan fingerprint density at radius 3 is 2.82 bits per heavy atom. The van der Waals surface area contributed by atoms with Crippen LogP contribution in [0.2, 0.25) is 0 Å². The number of hydrogen-bond donors (Lipinski definition) is 2. The molecule has 2 heterocycles. The van der Waals surface area contributed by atoms with E-state index in [1.54, 1.807) is 17.7 Å². The largest absolute Gasteiger partial charge is 0.394 e. The van der Waals surface area contributed by atoms with Gasteiger partial charge in [0, 0.05) is 4.88 Å². The molecule has 1 aliphatic carbocycles. The number of anilines is 1. The van der Waals surface area contributed by atoms with Gasteiger partial charge in [-0.15, -0.1) is 11.3 Å². The number of aromatic nitrogens is 2. The predicted octanol–water partition coefficient (Wildman–Crippen LogP) is 2.24. The molecule has 90 valence electrons. The average Bonchev–Trinajstić information content (AvgIpc) is 3.03. The Kier molecular flexibility index (Phi) is 2.34. The van der Waals surface area contributed by atoms with Gasteiger partial charge in [-0.05, 0) is 32.3 Å². The quantitative estimate of drug-likeness (QED) is 0.876. The lowest BCUT2D eigenvalue weighted by atomic mass is 10.2. The highest BCUT2D eigenvalue weighted by Crippen LogP contribution is 2.41. The number of aryl methyl sites for hydroxylation is 2. The van der Waals surface area contributed by atoms with Crippen LogP contribution in [0.15, 0.2) is 6.33 Å². The third-order valence-electron chi connectivity index (χ3n) is 3.51. The minimum absolute atomic E-state index is 0.135. The van der Waals surface area contributed by atoms with Gasteiger partial charge in [-0.3, -0.25) is 0 Å². The molecule has 2 N–H and O–H groups in total. The van der Waals surface area contributed by atoms with Gasteiger partial charge in [-0.2, -0.15) is 0 Å². The van der Waals surface area contributed by atoms with Crippen molar-refractivity contribution in [1.29, 1.82) is 0 Å². The smallest absolute Gasteiger partial charge is 0.138 e. The first-order valence-corrected chi connectivity index (χ1v) is 6.57. The van der Waals surface area contributed by atoms with Crippen molar-refractivity contribution in [3.63, 3.8) is 0 Å². The summed E-state index contributed by atoms with van der Waals surface area (Å²) in [5.74, 6) is 0.864. The fraction of sp³-hybridized carbons (Fsp3) is 0.500. The molecule has 0 spiro atoms. The van der Waals surface area contributed by atoms with Crippen molar-refractivity contribution in [2.45, 2.75) is 32.2 Å². The van der Waals surface area contributed by atoms with Crippen LogP contribution in [0.3, 0.4) is 0 Å². The Bertz CT molecular complexity index is 574. The molecule has 0 atom stereocenters. The third-order valence-corrected chi connectivity index (χ3v) is 4.62. The van der Waals surface area contributed by atoms with E-state index in [9.17, 15) is 5.11 Å². The van der Waals surface area contributed by atoms with Gasteiger partial charge >= 0.3 is 0 Å². The topological polar surface area (TPSA) is 58.0 Å². The van der Waals surface area contributed by atoms with Crippen LogP contribution < -0.4 is 5.32 Å². The van der Waals surface area contributed by atoms with E-state index < -0.39 is 0 Å². The fourth-order valence-corrected chi connectivity index (χ4v) is 3.00. The molecule has 1 fully saturated rings. The van der Waals surface area contributed by atoms with Crippen LogP contribution in [0.4, 0.5) is 5.82 Å². The lowest BCUT2D eigenvalue weighted by molar-refractivity contribution is 0.266. The average molecular weight is 249 g/mol. The zero-order valence-electron chi connectivity index (χ0n) is 9.95. The SMILES string of the molecule is Cc1sc2ncnc(NC3(CO)CC3)c2c1C. The Hall–Kier alpha value is -1.20. The standard InChI is InChI=1S/C12H15N3OS/c1-7-8(2)17-11-9(7)10(13-6-14-11)15-12(5-16)3-4-12/h6,16H,3-5H2,1-2H3,(H,13,14,15). The van der Waals surface area contributed by atoms with Crippen molar-refractivity contribution in [2.24, 2.45) is 0 Å². The van der Waals surface area contributed by atoms with Crippen molar-refractivity contribution in [1.82, 2.24) is 9.97 Å². The van der Waals surface area contributed by atoms with Crippen LogP contribution in [0.5, 0.6) is 0 Å². The summed E-state index contributed by atoms with van der Waals surface area (Å²) in [6, 6.07) is 0. The van der Waals surface area contributed by atoms with Crippen LogP contribution in [-0.2, 0) is 0 Å². The number of aliphatic hydroxyl groups is 1. The van der Waals surface area contributed by atoms with E-state index in [-0.39, 0.29) is 12.1 Å². The van der Waals surface area contributed by atoms with E-state index in [4.69, 9.17) is 0 Å². The molecule has 4 nitrogen and oxygen atoms in total. The molecule has 17 heavy (non-hydrogen) atoms. The number of fused-ring (bicyclic) bond motifs is 1. The lowest BCUT2D eigenvalue weighted by Crippen LogP contribution is -2.26. The Morgan fingerprint density at radius 2 is 2.18 bits per heavy atom. The van der Waals surface area contributed by atoms with E-state index >= 15 is 0 Å². The molecule has 0 radical (unpaired) electrons. The number of thiophene rings is 1. The zero-order chi connectivity index (χ0) is 12.0. The molecule has 0 unspecified atom stereocenters. The van der Waals surface area contributed by atoms with Crippen LogP contribution in [0.1, 0.15) is 23.3 Å². The molecule has 1 saturated carbocycles. The van der Waals surface area contributed by atoms with E-state index in [1.165, 1.54) is 10.4 Å². The van der Waals surface area contributed by atoms with Crippen molar-refractivity contribution in [3.8, 4) is 0 Å². The number of aliphatic hydroxyl groups excluding tert-OH is 1. The maximum atomic E-state index is 9.36. The summed E-state index contributed by atoms with van der Waals surface area (Å²) in [6.07, 6.45) is 3.61. The van der Waals surface area contributed by atoms with Crippen molar-refractivity contribution >= 4 is 27.4 Å². The summed E-state index contributed by atoms with van der Waals surface area (Å²) in [5.41, 5.74) is 1.10. The Balaban J connectivity index is 2.10. The minimum atomic E-state index is -0.135. The molecular formula is C12H15N3OS. The van der Waals surface area contributed by atoms with E-state index in [1.807, 2.05) is 0 Å². The number of rotatable bonds is 3. The molecule has 2 aromatic rings. The molecule has 1 aliphatic rings. The Labute approximate surface area is 104 Å². The van der Waals surface area contributed by atoms with Crippen molar-refractivity contribution in [3.05, 3.63) is 16.8 Å². The second kappa shape index (κ2) is 3.65. The van der Waals surface area contributed by atoms with Crippen LogP contribution in [0.25, 0.3) is 10.2 Å². The maximum absolute atomic E-state index is 9.36. The van der Waals surface area contributed by atoms with Crippen LogP contribution in [-0.4, -0.2) is 27.2 Å². The fourth-order valence-electron chi connectivity index (χ4n) is 2.00. The van der Waals surface area contributed by atoms with Crippen molar-refractivity contribution in [2.75, 3.05) is 11.9 Å². The molecule has 3 rings (SSSR count). The first-order valence-electron chi connectivity index (χ1n) is 5.75. The van der Waals surface area contributed by atoms with Gasteiger partial charge in [0.2, 0.25) is 0 Å². The molecule has 0 amide bonds. The minimum Gasteiger partial charge on any atom is -0.394 e. The number of hydrogen-bond acceptors (Lipinski definition) is 5. The van der Waals surface area contributed by atoms with Crippen LogP contribution in [0, 0.1) is 13.8 Å². The highest BCUT2D eigenvalue weighted by Gasteiger charge is 2.42. The molecule has 5 heteroatoms. The zero-order valence-corrected chi connectivity index (χ0v) is 10.8. The monoisotopic (exact) mass is 249 g/mol. The normalized spacial score (nSPS) is 17.4. The third kappa shape index (κ3) is 1.70. The second-order valence-corrected chi connectivity index (χ2v) is 5.95. The van der Waals surface area contributed by atoms with Gasteiger partial charge in [0.1, 0.15) is 17.0 Å². The van der Waals surface area contributed by atoms with Gasteiger partial charge < -0.3 is 10.4 Å². The first kappa shape index (κ1) is 10.9. The summed E-state index contributed by atoms with van der Waals surface area (Å²) in [7, 11) is 0. The number of nitrogens with one attached hydrogen (secondary N) is 1. The highest BCUT2D eigenvalue weighted by atomic mass is 32.1. The molecule has 0 saturated heterocycles. The summed E-state index contributed by atoms with van der Waals surface area (Å²) >= 11 is 1.69. The van der Waals surface area contributed by atoms with Gasteiger partial charge in [0.15, 0.2) is 0 Å². The maximum Gasteiger partial charge on any atom is 0.138 e. The van der Waals surface area contributed by atoms with Crippen molar-refractivity contribution < 1.29 is 5.11 Å². The molecule has 0 bridgehead atoms. The molecule has 0 aliphatic heterocycles. The van der Waals surface area contributed by atoms with Crippen LogP contribution >= 0.6 is 11.3 Å². The van der Waals surface area contributed by atoms with Gasteiger partial charge in [-0.1, -0.05) is 0 Å². The summed E-state index contributed by atoms with van der Waals surface area (Å²) in [4.78, 5) is 10.9. The summed E-state index contributed by atoms with van der Waals surface area (Å²) in [5, 5.41) is 13.8. The van der Waals surface area contributed by atoms with E-state index in [0.717, 1.165) is 28.9 Å². The lowest BCUT2D eigenvalue weighted by Gasteiger charge is -2.15. The Morgan fingerprint density at radius 1 is 1.41 bits per heavy atom. The molecule has 2 aromatic heterocycles. The molecule has 0 aromatic carbocycles. The van der Waals surface area contributed by atoms with E-state index in [0.29, 0.717) is 0 Å².